The quantitative estimate of drug-likeness (QED) is 0.0629. The van der Waals surface area contributed by atoms with E-state index in [4.69, 9.17) is 33.2 Å². The van der Waals surface area contributed by atoms with E-state index in [1.54, 1.807) is 36.9 Å². The van der Waals surface area contributed by atoms with Crippen molar-refractivity contribution < 1.29 is 52.3 Å². The van der Waals surface area contributed by atoms with Crippen LogP contribution in [0.2, 0.25) is 0 Å². The Hall–Kier alpha value is -3.55. The van der Waals surface area contributed by atoms with Gasteiger partial charge < -0.3 is 33.2 Å². The van der Waals surface area contributed by atoms with Crippen LogP contribution < -0.4 is 0 Å². The minimum atomic E-state index is -0.677. The first-order valence-electron chi connectivity index (χ1n) is 14.7. The Kier molecular flexibility index (Phi) is 15.8. The lowest BCUT2D eigenvalue weighted by molar-refractivity contribution is -0.191. The zero-order chi connectivity index (χ0) is 32.4. The summed E-state index contributed by atoms with van der Waals surface area (Å²) in [5.41, 5.74) is 0.960. The van der Waals surface area contributed by atoms with Crippen molar-refractivity contribution in [3.05, 3.63) is 78.9 Å². The van der Waals surface area contributed by atoms with Gasteiger partial charge in [0.15, 0.2) is 12.1 Å². The zero-order valence-corrected chi connectivity index (χ0v) is 26.2. The van der Waals surface area contributed by atoms with Crippen LogP contribution in [0, 0.1) is 5.92 Å². The molecular formula is C33H40O11S. The first kappa shape index (κ1) is 35.9. The maximum atomic E-state index is 13.1. The average molecular weight is 645 g/mol. The summed E-state index contributed by atoms with van der Waals surface area (Å²) in [7, 11) is 0. The molecule has 1 aliphatic heterocycles. The third kappa shape index (κ3) is 12.4. The molecule has 0 amide bonds. The number of hydrogen-bond acceptors (Lipinski definition) is 12. The molecule has 2 aliphatic rings. The molecule has 3 rings (SSSR count). The SMILES string of the molecule is C=CC(=O)OCCCCOCC(COC(=O)C1=CC2C(=O)c3ccccc3SC2C=C1)OC(C)OCCOCCOC(=O)C=C. The van der Waals surface area contributed by atoms with Gasteiger partial charge in [0, 0.05) is 34.5 Å². The molecule has 1 aromatic carbocycles. The number of ether oxygens (including phenoxy) is 7. The monoisotopic (exact) mass is 644 g/mol. The van der Waals surface area contributed by atoms with Crippen LogP contribution in [0.25, 0.3) is 0 Å². The molecule has 0 saturated carbocycles. The van der Waals surface area contributed by atoms with E-state index in [1.807, 2.05) is 24.3 Å². The molecule has 45 heavy (non-hydrogen) atoms. The summed E-state index contributed by atoms with van der Waals surface area (Å²) in [6, 6.07) is 7.46. The Balaban J connectivity index is 1.47. The van der Waals surface area contributed by atoms with Crippen LogP contribution in [-0.4, -0.2) is 94.2 Å². The smallest absolute Gasteiger partial charge is 0.337 e. The maximum absolute atomic E-state index is 13.1. The third-order valence-electron chi connectivity index (χ3n) is 6.53. The van der Waals surface area contributed by atoms with Crippen LogP contribution >= 0.6 is 11.8 Å². The Labute approximate surface area is 267 Å². The number of hydrogen-bond donors (Lipinski definition) is 0. The number of carbonyl (C=O) groups is 4. The number of ketones is 1. The molecule has 0 N–H and O–H groups in total. The summed E-state index contributed by atoms with van der Waals surface area (Å²) in [6.45, 7) is 9.78. The summed E-state index contributed by atoms with van der Waals surface area (Å²) in [6.07, 6.45) is 7.33. The number of allylic oxidation sites excluding steroid dienone is 1. The Morgan fingerprint density at radius 2 is 1.60 bits per heavy atom. The number of carbonyl (C=O) groups excluding carboxylic acids is 4. The Morgan fingerprint density at radius 3 is 2.38 bits per heavy atom. The van der Waals surface area contributed by atoms with E-state index >= 15 is 0 Å². The fourth-order valence-electron chi connectivity index (χ4n) is 4.31. The molecule has 0 fully saturated rings. The number of esters is 3. The number of rotatable bonds is 21. The van der Waals surface area contributed by atoms with E-state index < -0.39 is 36.2 Å². The molecule has 0 bridgehead atoms. The van der Waals surface area contributed by atoms with Gasteiger partial charge in [-0.05, 0) is 25.8 Å². The molecule has 0 spiro atoms. The van der Waals surface area contributed by atoms with Crippen molar-refractivity contribution in [1.29, 1.82) is 0 Å². The highest BCUT2D eigenvalue weighted by molar-refractivity contribution is 8.00. The van der Waals surface area contributed by atoms with Gasteiger partial charge in [-0.2, -0.15) is 0 Å². The first-order chi connectivity index (χ1) is 21.8. The van der Waals surface area contributed by atoms with Crippen LogP contribution in [0.15, 0.2) is 78.3 Å². The largest absolute Gasteiger partial charge is 0.463 e. The van der Waals surface area contributed by atoms with Crippen molar-refractivity contribution in [3.8, 4) is 0 Å². The molecular weight excluding hydrogens is 604 g/mol. The average Bonchev–Trinajstić information content (AvgIpc) is 3.05. The molecule has 1 heterocycles. The molecule has 12 heteroatoms. The summed E-state index contributed by atoms with van der Waals surface area (Å²) in [5.74, 6) is -2.04. The van der Waals surface area contributed by atoms with Crippen molar-refractivity contribution in [3.63, 3.8) is 0 Å². The van der Waals surface area contributed by atoms with Gasteiger partial charge in [0.1, 0.15) is 19.3 Å². The molecule has 0 aromatic heterocycles. The van der Waals surface area contributed by atoms with E-state index in [-0.39, 0.29) is 57.3 Å². The zero-order valence-electron chi connectivity index (χ0n) is 25.4. The Morgan fingerprint density at radius 1 is 0.889 bits per heavy atom. The summed E-state index contributed by atoms with van der Waals surface area (Å²) in [5, 5.41) is -0.0853. The molecule has 244 valence electrons. The summed E-state index contributed by atoms with van der Waals surface area (Å²) >= 11 is 1.60. The highest BCUT2D eigenvalue weighted by Crippen LogP contribution is 2.41. The number of fused-ring (bicyclic) bond motifs is 2. The van der Waals surface area contributed by atoms with Crippen molar-refractivity contribution >= 4 is 35.5 Å². The van der Waals surface area contributed by atoms with Crippen molar-refractivity contribution in [2.75, 3.05) is 52.9 Å². The van der Waals surface area contributed by atoms with Gasteiger partial charge in [-0.1, -0.05) is 49.6 Å². The second kappa shape index (κ2) is 19.8. The van der Waals surface area contributed by atoms with Crippen LogP contribution in [0.3, 0.4) is 0 Å². The summed E-state index contributed by atoms with van der Waals surface area (Å²) in [4.78, 5) is 49.3. The standard InChI is InChI=1S/C33H40O11S/c1-4-30(34)41-15-9-8-14-39-21-25(44-23(3)40-18-16-38-17-19-42-31(35)5-2)22-43-33(37)24-12-13-29-27(20-24)32(36)26-10-6-7-11-28(26)45-29/h4-7,10-13,20,23,25,27,29H,1-2,8-9,14-19,21-22H2,3H3. The van der Waals surface area contributed by atoms with Gasteiger partial charge in [-0.25, -0.2) is 14.4 Å². The topological polar surface area (TPSA) is 133 Å². The minimum Gasteiger partial charge on any atom is -0.463 e. The van der Waals surface area contributed by atoms with E-state index in [2.05, 4.69) is 13.2 Å². The lowest BCUT2D eigenvalue weighted by Crippen LogP contribution is -2.33. The van der Waals surface area contributed by atoms with E-state index in [0.717, 1.165) is 17.0 Å². The van der Waals surface area contributed by atoms with Gasteiger partial charge in [-0.3, -0.25) is 4.79 Å². The van der Waals surface area contributed by atoms with Crippen molar-refractivity contribution in [1.82, 2.24) is 0 Å². The predicted octanol–water partition coefficient (Wildman–Crippen LogP) is 4.02. The normalized spacial score (nSPS) is 18.1. The molecule has 1 aliphatic carbocycles. The van der Waals surface area contributed by atoms with Crippen LogP contribution in [0.1, 0.15) is 30.1 Å². The van der Waals surface area contributed by atoms with E-state index in [0.29, 0.717) is 30.6 Å². The number of Topliss-reactive ketones (excluding diaryl/α,β-unsaturated/α-hetero) is 1. The third-order valence-corrected chi connectivity index (χ3v) is 7.87. The van der Waals surface area contributed by atoms with Crippen molar-refractivity contribution in [2.24, 2.45) is 5.92 Å². The molecule has 4 atom stereocenters. The molecule has 1 aromatic rings. The van der Waals surface area contributed by atoms with Gasteiger partial charge in [-0.15, -0.1) is 11.8 Å². The molecule has 11 nitrogen and oxygen atoms in total. The maximum Gasteiger partial charge on any atom is 0.337 e. The fraction of sp³-hybridized carbons (Fsp3) is 0.455. The molecule has 0 saturated heterocycles. The predicted molar refractivity (Wildman–Crippen MR) is 166 cm³/mol. The van der Waals surface area contributed by atoms with Gasteiger partial charge in [0.25, 0.3) is 0 Å². The van der Waals surface area contributed by atoms with Crippen LogP contribution in [0.4, 0.5) is 0 Å². The second-order valence-corrected chi connectivity index (χ2v) is 11.1. The summed E-state index contributed by atoms with van der Waals surface area (Å²) < 4.78 is 38.1. The van der Waals surface area contributed by atoms with Gasteiger partial charge >= 0.3 is 17.9 Å². The van der Waals surface area contributed by atoms with Gasteiger partial charge in [0.2, 0.25) is 0 Å². The van der Waals surface area contributed by atoms with Crippen LogP contribution in [-0.2, 0) is 47.5 Å². The van der Waals surface area contributed by atoms with Gasteiger partial charge in [0.05, 0.1) is 44.5 Å². The fourth-order valence-corrected chi connectivity index (χ4v) is 5.56. The minimum absolute atomic E-state index is 0.0226. The lowest BCUT2D eigenvalue weighted by atomic mass is 9.88. The van der Waals surface area contributed by atoms with E-state index in [9.17, 15) is 19.2 Å². The van der Waals surface area contributed by atoms with Crippen molar-refractivity contribution in [2.45, 2.75) is 42.3 Å². The number of benzene rings is 1. The van der Waals surface area contributed by atoms with E-state index in [1.165, 1.54) is 0 Å². The number of unbranched alkanes of at least 4 members (excludes halogenated alkanes) is 1. The Bertz CT molecular complexity index is 1240. The second-order valence-electron chi connectivity index (χ2n) is 9.88. The lowest BCUT2D eigenvalue weighted by Gasteiger charge is -2.30. The molecule has 4 unspecified atom stereocenters. The highest BCUT2D eigenvalue weighted by Gasteiger charge is 2.36. The van der Waals surface area contributed by atoms with Crippen LogP contribution in [0.5, 0.6) is 0 Å². The number of thioether (sulfide) groups is 1. The first-order valence-corrected chi connectivity index (χ1v) is 15.6. The molecule has 0 radical (unpaired) electrons. The highest BCUT2D eigenvalue weighted by atomic mass is 32.2.